The number of nitrogens with zero attached hydrogens (tertiary/aromatic N) is 1. The average molecular weight is 287 g/mol. The van der Waals surface area contributed by atoms with Gasteiger partial charge in [-0.25, -0.2) is 0 Å². The highest BCUT2D eigenvalue weighted by Gasteiger charge is 2.43. The average Bonchev–Trinajstić information content (AvgIpc) is 2.97. The van der Waals surface area contributed by atoms with Crippen molar-refractivity contribution in [3.05, 3.63) is 35.4 Å². The molecule has 1 aliphatic carbocycles. The van der Waals surface area contributed by atoms with Gasteiger partial charge in [0, 0.05) is 13.1 Å². The number of likely N-dealkylation sites (tertiary alicyclic amines) is 1. The van der Waals surface area contributed by atoms with Crippen LogP contribution in [0.1, 0.15) is 37.3 Å². The van der Waals surface area contributed by atoms with Gasteiger partial charge in [-0.3, -0.25) is 9.59 Å². The molecule has 1 N–H and O–H groups in total. The molecule has 1 aliphatic heterocycles. The first-order chi connectivity index (χ1) is 10.0. The molecule has 3 rings (SSSR count). The number of benzene rings is 1. The standard InChI is InChI=1S/C17H21NO3/c1-17(9-4-6-12-5-2-3-7-14(12)17)16(21)18-10-8-13(11-18)15(19)20/h2-3,5,7,13H,4,6,8-11H2,1H3,(H,19,20)/t13-,17+/m0/s1. The quantitative estimate of drug-likeness (QED) is 0.907. The Morgan fingerprint density at radius 3 is 2.81 bits per heavy atom. The molecule has 0 unspecified atom stereocenters. The van der Waals surface area contributed by atoms with Gasteiger partial charge in [-0.15, -0.1) is 0 Å². The van der Waals surface area contributed by atoms with Gasteiger partial charge in [0.2, 0.25) is 5.91 Å². The molecule has 0 saturated carbocycles. The van der Waals surface area contributed by atoms with Crippen LogP contribution in [0.25, 0.3) is 0 Å². The monoisotopic (exact) mass is 287 g/mol. The van der Waals surface area contributed by atoms with Crippen LogP contribution in [0, 0.1) is 5.92 Å². The Morgan fingerprint density at radius 1 is 1.33 bits per heavy atom. The molecule has 1 aromatic carbocycles. The Labute approximate surface area is 124 Å². The van der Waals surface area contributed by atoms with Gasteiger partial charge in [-0.1, -0.05) is 24.3 Å². The molecule has 1 saturated heterocycles. The summed E-state index contributed by atoms with van der Waals surface area (Å²) in [7, 11) is 0. The first kappa shape index (κ1) is 14.1. The Morgan fingerprint density at radius 2 is 2.10 bits per heavy atom. The maximum Gasteiger partial charge on any atom is 0.308 e. The fraction of sp³-hybridized carbons (Fsp3) is 0.529. The molecule has 0 bridgehead atoms. The van der Waals surface area contributed by atoms with Crippen molar-refractivity contribution in [2.24, 2.45) is 5.92 Å². The molecule has 112 valence electrons. The van der Waals surface area contributed by atoms with Crippen molar-refractivity contribution in [1.29, 1.82) is 0 Å². The van der Waals surface area contributed by atoms with Crippen molar-refractivity contribution in [3.8, 4) is 0 Å². The van der Waals surface area contributed by atoms with Crippen molar-refractivity contribution >= 4 is 11.9 Å². The summed E-state index contributed by atoms with van der Waals surface area (Å²) in [4.78, 5) is 25.8. The third kappa shape index (κ3) is 2.33. The van der Waals surface area contributed by atoms with Crippen molar-refractivity contribution < 1.29 is 14.7 Å². The van der Waals surface area contributed by atoms with Crippen molar-refractivity contribution in [2.75, 3.05) is 13.1 Å². The van der Waals surface area contributed by atoms with Crippen LogP contribution in [-0.2, 0) is 21.4 Å². The van der Waals surface area contributed by atoms with Gasteiger partial charge in [0.25, 0.3) is 0 Å². The minimum Gasteiger partial charge on any atom is -0.481 e. The fourth-order valence-corrected chi connectivity index (χ4v) is 3.76. The maximum absolute atomic E-state index is 13.0. The van der Waals surface area contributed by atoms with E-state index in [9.17, 15) is 9.59 Å². The second-order valence-corrected chi connectivity index (χ2v) is 6.42. The summed E-state index contributed by atoms with van der Waals surface area (Å²) in [5.74, 6) is -1.10. The molecular formula is C17H21NO3. The Hall–Kier alpha value is -1.84. The summed E-state index contributed by atoms with van der Waals surface area (Å²) in [5.41, 5.74) is 1.89. The van der Waals surface area contributed by atoms with Crippen LogP contribution >= 0.6 is 0 Å². The third-order valence-corrected chi connectivity index (χ3v) is 5.03. The summed E-state index contributed by atoms with van der Waals surface area (Å²) in [6.07, 6.45) is 3.45. The van der Waals surface area contributed by atoms with Gasteiger partial charge < -0.3 is 10.0 Å². The van der Waals surface area contributed by atoms with E-state index in [0.717, 1.165) is 24.8 Å². The van der Waals surface area contributed by atoms with Crippen LogP contribution in [0.3, 0.4) is 0 Å². The van der Waals surface area contributed by atoms with Crippen molar-refractivity contribution in [2.45, 2.75) is 38.0 Å². The lowest BCUT2D eigenvalue weighted by atomic mass is 9.70. The Kier molecular flexibility index (Phi) is 3.47. The van der Waals surface area contributed by atoms with E-state index in [0.29, 0.717) is 19.5 Å². The van der Waals surface area contributed by atoms with Gasteiger partial charge in [-0.05, 0) is 43.7 Å². The van der Waals surface area contributed by atoms with Crippen LogP contribution < -0.4 is 0 Å². The molecule has 1 fully saturated rings. The zero-order valence-electron chi connectivity index (χ0n) is 12.3. The van der Waals surface area contributed by atoms with E-state index in [-0.39, 0.29) is 5.91 Å². The molecular weight excluding hydrogens is 266 g/mol. The van der Waals surface area contributed by atoms with Crippen LogP contribution in [0.15, 0.2) is 24.3 Å². The molecule has 21 heavy (non-hydrogen) atoms. The summed E-state index contributed by atoms with van der Waals surface area (Å²) in [6, 6.07) is 8.16. The zero-order valence-corrected chi connectivity index (χ0v) is 12.3. The van der Waals surface area contributed by atoms with Gasteiger partial charge in [0.05, 0.1) is 11.3 Å². The molecule has 2 atom stereocenters. The lowest BCUT2D eigenvalue weighted by molar-refractivity contribution is -0.142. The van der Waals surface area contributed by atoms with E-state index in [1.807, 2.05) is 19.1 Å². The lowest BCUT2D eigenvalue weighted by Gasteiger charge is -2.37. The predicted molar refractivity (Wildman–Crippen MR) is 79.1 cm³/mol. The molecule has 2 aliphatic rings. The van der Waals surface area contributed by atoms with Crippen LogP contribution in [0.4, 0.5) is 0 Å². The van der Waals surface area contributed by atoms with Crippen molar-refractivity contribution in [1.82, 2.24) is 4.90 Å². The van der Waals surface area contributed by atoms with Gasteiger partial charge >= 0.3 is 5.97 Å². The van der Waals surface area contributed by atoms with E-state index in [1.165, 1.54) is 5.56 Å². The Bertz CT molecular complexity index is 583. The largest absolute Gasteiger partial charge is 0.481 e. The van der Waals surface area contributed by atoms with E-state index < -0.39 is 17.3 Å². The predicted octanol–water partition coefficient (Wildman–Crippen LogP) is 2.21. The molecule has 0 radical (unpaired) electrons. The Balaban J connectivity index is 1.87. The van der Waals surface area contributed by atoms with Crippen LogP contribution in [-0.4, -0.2) is 35.0 Å². The summed E-state index contributed by atoms with van der Waals surface area (Å²) < 4.78 is 0. The molecule has 4 nitrogen and oxygen atoms in total. The lowest BCUT2D eigenvalue weighted by Crippen LogP contribution is -2.46. The first-order valence-corrected chi connectivity index (χ1v) is 7.63. The molecule has 4 heteroatoms. The van der Waals surface area contributed by atoms with Crippen LogP contribution in [0.5, 0.6) is 0 Å². The molecule has 0 spiro atoms. The number of carboxylic acids is 1. The second-order valence-electron chi connectivity index (χ2n) is 6.42. The minimum absolute atomic E-state index is 0.0957. The SMILES string of the molecule is C[C@@]1(C(=O)N2CC[C@H](C(=O)O)C2)CCCc2ccccc21. The smallest absolute Gasteiger partial charge is 0.308 e. The minimum atomic E-state index is -0.792. The summed E-state index contributed by atoms with van der Waals surface area (Å²) >= 11 is 0. The third-order valence-electron chi connectivity index (χ3n) is 5.03. The maximum atomic E-state index is 13.0. The normalized spacial score (nSPS) is 28.2. The highest BCUT2D eigenvalue weighted by atomic mass is 16.4. The van der Waals surface area contributed by atoms with Crippen LogP contribution in [0.2, 0.25) is 0 Å². The van der Waals surface area contributed by atoms with Gasteiger partial charge in [-0.2, -0.15) is 0 Å². The summed E-state index contributed by atoms with van der Waals surface area (Å²) in [6.45, 7) is 2.93. The molecule has 0 aromatic heterocycles. The molecule has 1 aromatic rings. The van der Waals surface area contributed by atoms with E-state index in [2.05, 4.69) is 12.1 Å². The number of rotatable bonds is 2. The molecule has 1 amide bonds. The van der Waals surface area contributed by atoms with Gasteiger partial charge in [0.15, 0.2) is 0 Å². The number of hydrogen-bond donors (Lipinski definition) is 1. The number of carbonyl (C=O) groups is 2. The van der Waals surface area contributed by atoms with Crippen molar-refractivity contribution in [3.63, 3.8) is 0 Å². The van der Waals surface area contributed by atoms with E-state index >= 15 is 0 Å². The number of hydrogen-bond acceptors (Lipinski definition) is 2. The second kappa shape index (κ2) is 5.17. The summed E-state index contributed by atoms with van der Waals surface area (Å²) in [5, 5.41) is 9.11. The number of aryl methyl sites for hydroxylation is 1. The first-order valence-electron chi connectivity index (χ1n) is 7.63. The number of amides is 1. The van der Waals surface area contributed by atoms with E-state index in [4.69, 9.17) is 5.11 Å². The highest BCUT2D eigenvalue weighted by Crippen LogP contribution is 2.39. The fourth-order valence-electron chi connectivity index (χ4n) is 3.76. The number of fused-ring (bicyclic) bond motifs is 1. The topological polar surface area (TPSA) is 57.6 Å². The highest BCUT2D eigenvalue weighted by molar-refractivity contribution is 5.89. The van der Waals surface area contributed by atoms with Gasteiger partial charge in [0.1, 0.15) is 0 Å². The number of carbonyl (C=O) groups excluding carboxylic acids is 1. The number of aliphatic carboxylic acids is 1. The van der Waals surface area contributed by atoms with E-state index in [1.54, 1.807) is 4.90 Å². The zero-order chi connectivity index (χ0) is 15.0. The molecule has 1 heterocycles. The number of carboxylic acid groups (broad SMARTS) is 1.